The Morgan fingerprint density at radius 3 is 2.65 bits per heavy atom. The Morgan fingerprint density at radius 1 is 1.30 bits per heavy atom. The van der Waals surface area contributed by atoms with Crippen LogP contribution in [0.3, 0.4) is 0 Å². The number of hydrogen-bond donors (Lipinski definition) is 1. The average molecular weight is 274 g/mol. The van der Waals surface area contributed by atoms with E-state index in [2.05, 4.69) is 36.1 Å². The van der Waals surface area contributed by atoms with Crippen LogP contribution in [-0.4, -0.2) is 31.2 Å². The largest absolute Gasteiger partial charge is 0.383 e. The molecule has 110 valence electrons. The second kappa shape index (κ2) is 5.84. The van der Waals surface area contributed by atoms with Crippen LogP contribution >= 0.6 is 0 Å². The lowest BCUT2D eigenvalue weighted by Gasteiger charge is -2.35. The maximum absolute atomic E-state index is 6.34. The summed E-state index contributed by atoms with van der Waals surface area (Å²) in [5.74, 6) is 0.871. The first-order valence-electron chi connectivity index (χ1n) is 7.81. The van der Waals surface area contributed by atoms with Crippen molar-refractivity contribution in [2.75, 3.05) is 20.3 Å². The van der Waals surface area contributed by atoms with E-state index in [-0.39, 0.29) is 6.04 Å². The third kappa shape index (κ3) is 2.62. The topological polar surface area (TPSA) is 38.5 Å². The van der Waals surface area contributed by atoms with E-state index in [0.717, 1.165) is 25.5 Å². The van der Waals surface area contributed by atoms with Gasteiger partial charge in [0.15, 0.2) is 0 Å². The molecule has 1 aromatic carbocycles. The lowest BCUT2D eigenvalue weighted by Crippen LogP contribution is -2.39. The van der Waals surface area contributed by atoms with Crippen LogP contribution in [0.4, 0.5) is 0 Å². The van der Waals surface area contributed by atoms with E-state index in [9.17, 15) is 0 Å². The van der Waals surface area contributed by atoms with Crippen LogP contribution in [0.25, 0.3) is 0 Å². The molecule has 0 amide bonds. The smallest absolute Gasteiger partial charge is 0.0590 e. The van der Waals surface area contributed by atoms with E-state index < -0.39 is 0 Å². The van der Waals surface area contributed by atoms with Crippen LogP contribution in [0, 0.1) is 5.92 Å². The molecule has 0 aromatic heterocycles. The second-order valence-electron chi connectivity index (χ2n) is 6.30. The monoisotopic (exact) mass is 274 g/mol. The Balaban J connectivity index is 1.83. The highest BCUT2D eigenvalue weighted by molar-refractivity contribution is 5.37. The van der Waals surface area contributed by atoms with Crippen molar-refractivity contribution in [1.82, 2.24) is 4.90 Å². The minimum atomic E-state index is 0.188. The molecule has 0 saturated heterocycles. The molecular weight excluding hydrogens is 248 g/mol. The van der Waals surface area contributed by atoms with Gasteiger partial charge in [-0.15, -0.1) is 0 Å². The first kappa shape index (κ1) is 14.1. The highest BCUT2D eigenvalue weighted by Gasteiger charge is 2.39. The summed E-state index contributed by atoms with van der Waals surface area (Å²) in [6.45, 7) is 4.17. The van der Waals surface area contributed by atoms with Gasteiger partial charge in [-0.1, -0.05) is 24.3 Å². The summed E-state index contributed by atoms with van der Waals surface area (Å²) in [6.07, 6.45) is 3.80. The van der Waals surface area contributed by atoms with Gasteiger partial charge < -0.3 is 10.5 Å². The van der Waals surface area contributed by atoms with Crippen LogP contribution in [0.15, 0.2) is 24.3 Å². The van der Waals surface area contributed by atoms with Crippen molar-refractivity contribution in [2.24, 2.45) is 11.7 Å². The summed E-state index contributed by atoms with van der Waals surface area (Å²) < 4.78 is 5.32. The molecule has 1 fully saturated rings. The first-order valence-corrected chi connectivity index (χ1v) is 7.81. The Kier molecular flexibility index (Phi) is 4.11. The quantitative estimate of drug-likeness (QED) is 0.867. The number of rotatable bonds is 6. The molecule has 1 aromatic rings. The van der Waals surface area contributed by atoms with Crippen LogP contribution in [-0.2, 0) is 4.74 Å². The van der Waals surface area contributed by atoms with Gasteiger partial charge in [0.25, 0.3) is 0 Å². The second-order valence-corrected chi connectivity index (χ2v) is 6.30. The van der Waals surface area contributed by atoms with E-state index in [1.807, 2.05) is 0 Å². The summed E-state index contributed by atoms with van der Waals surface area (Å²) in [7, 11) is 1.79. The Labute approximate surface area is 122 Å². The van der Waals surface area contributed by atoms with Gasteiger partial charge in [-0.25, -0.2) is 0 Å². The summed E-state index contributed by atoms with van der Waals surface area (Å²) in [5.41, 5.74) is 9.11. The van der Waals surface area contributed by atoms with Gasteiger partial charge in [0.05, 0.1) is 6.61 Å². The van der Waals surface area contributed by atoms with Crippen molar-refractivity contribution in [3.8, 4) is 0 Å². The molecule has 3 rings (SSSR count). The fourth-order valence-electron chi connectivity index (χ4n) is 3.65. The first-order chi connectivity index (χ1) is 9.72. The molecule has 2 aliphatic carbocycles. The third-order valence-corrected chi connectivity index (χ3v) is 5.01. The number of nitrogens with zero attached hydrogens (tertiary/aromatic N) is 1. The molecular formula is C17H26N2O. The molecule has 2 N–H and O–H groups in total. The van der Waals surface area contributed by atoms with E-state index in [4.69, 9.17) is 10.5 Å². The molecule has 2 aliphatic rings. The van der Waals surface area contributed by atoms with Gasteiger partial charge in [0.2, 0.25) is 0 Å². The fraction of sp³-hybridized carbons (Fsp3) is 0.647. The van der Waals surface area contributed by atoms with Crippen LogP contribution in [0.5, 0.6) is 0 Å². The molecule has 0 bridgehead atoms. The molecule has 3 atom stereocenters. The predicted molar refractivity (Wildman–Crippen MR) is 81.5 cm³/mol. The van der Waals surface area contributed by atoms with Gasteiger partial charge in [-0.05, 0) is 43.2 Å². The van der Waals surface area contributed by atoms with Crippen LogP contribution in [0.1, 0.15) is 49.4 Å². The molecule has 0 heterocycles. The molecule has 0 aliphatic heterocycles. The van der Waals surface area contributed by atoms with Crippen LogP contribution in [0.2, 0.25) is 0 Å². The van der Waals surface area contributed by atoms with Crippen molar-refractivity contribution in [1.29, 1.82) is 0 Å². The zero-order chi connectivity index (χ0) is 14.1. The van der Waals surface area contributed by atoms with E-state index in [1.165, 1.54) is 24.0 Å². The standard InChI is InChI=1S/C17H26N2O/c1-12(13-7-8-13)19(9-10-20-2)17-11-16(18)14-5-3-4-6-15(14)17/h3-6,12-13,16-17H,7-11,18H2,1-2H3. The summed E-state index contributed by atoms with van der Waals surface area (Å²) >= 11 is 0. The minimum Gasteiger partial charge on any atom is -0.383 e. The number of methoxy groups -OCH3 is 1. The number of hydrogen-bond acceptors (Lipinski definition) is 3. The minimum absolute atomic E-state index is 0.188. The number of benzene rings is 1. The van der Waals surface area contributed by atoms with Crippen LogP contribution < -0.4 is 5.73 Å². The SMILES string of the molecule is COCCN(C1CC(N)c2ccccc21)C(C)C1CC1. The van der Waals surface area contributed by atoms with E-state index >= 15 is 0 Å². The Bertz CT molecular complexity index is 458. The Morgan fingerprint density at radius 2 is 2.00 bits per heavy atom. The normalized spacial score (nSPS) is 26.8. The lowest BCUT2D eigenvalue weighted by atomic mass is 10.0. The van der Waals surface area contributed by atoms with Crippen molar-refractivity contribution < 1.29 is 4.74 Å². The summed E-state index contributed by atoms with van der Waals surface area (Å²) in [5, 5.41) is 0. The number of fused-ring (bicyclic) bond motifs is 1. The third-order valence-electron chi connectivity index (χ3n) is 5.01. The maximum atomic E-state index is 6.34. The molecule has 20 heavy (non-hydrogen) atoms. The molecule has 0 spiro atoms. The summed E-state index contributed by atoms with van der Waals surface area (Å²) in [6, 6.07) is 9.97. The average Bonchev–Trinajstić information content (AvgIpc) is 3.26. The van der Waals surface area contributed by atoms with Crippen molar-refractivity contribution in [3.05, 3.63) is 35.4 Å². The van der Waals surface area contributed by atoms with Crippen molar-refractivity contribution >= 4 is 0 Å². The zero-order valence-corrected chi connectivity index (χ0v) is 12.6. The van der Waals surface area contributed by atoms with E-state index in [0.29, 0.717) is 12.1 Å². The fourth-order valence-corrected chi connectivity index (χ4v) is 3.65. The molecule has 3 unspecified atom stereocenters. The van der Waals surface area contributed by atoms with Gasteiger partial charge in [0.1, 0.15) is 0 Å². The van der Waals surface area contributed by atoms with Gasteiger partial charge >= 0.3 is 0 Å². The highest BCUT2D eigenvalue weighted by Crippen LogP contribution is 2.45. The molecule has 0 radical (unpaired) electrons. The zero-order valence-electron chi connectivity index (χ0n) is 12.6. The lowest BCUT2D eigenvalue weighted by molar-refractivity contribution is 0.0791. The van der Waals surface area contributed by atoms with Gasteiger partial charge in [-0.2, -0.15) is 0 Å². The van der Waals surface area contributed by atoms with E-state index in [1.54, 1.807) is 7.11 Å². The Hall–Kier alpha value is -0.900. The highest BCUT2D eigenvalue weighted by atomic mass is 16.5. The predicted octanol–water partition coefficient (Wildman–Crippen LogP) is 2.88. The molecule has 3 nitrogen and oxygen atoms in total. The molecule has 1 saturated carbocycles. The number of nitrogens with two attached hydrogens (primary N) is 1. The van der Waals surface area contributed by atoms with Gasteiger partial charge in [-0.3, -0.25) is 4.90 Å². The van der Waals surface area contributed by atoms with Crippen molar-refractivity contribution in [2.45, 2.75) is 44.3 Å². The maximum Gasteiger partial charge on any atom is 0.0590 e. The van der Waals surface area contributed by atoms with Gasteiger partial charge in [0, 0.05) is 31.8 Å². The summed E-state index contributed by atoms with van der Waals surface area (Å²) in [4.78, 5) is 2.63. The molecule has 3 heteroatoms. The van der Waals surface area contributed by atoms with Crippen molar-refractivity contribution in [3.63, 3.8) is 0 Å². The number of ether oxygens (including phenoxy) is 1.